The summed E-state index contributed by atoms with van der Waals surface area (Å²) < 4.78 is 10.9. The van der Waals surface area contributed by atoms with Crippen molar-refractivity contribution in [3.8, 4) is 23.1 Å². The van der Waals surface area contributed by atoms with E-state index in [9.17, 15) is 10.1 Å². The average Bonchev–Trinajstić information content (AvgIpc) is 2.60. The molecule has 6 nitrogen and oxygen atoms in total. The molecule has 0 atom stereocenters. The van der Waals surface area contributed by atoms with Crippen molar-refractivity contribution < 1.29 is 9.47 Å². The molecule has 0 radical (unpaired) electrons. The largest absolute Gasteiger partial charge is 0.493 e. The number of ether oxygens (including phenoxy) is 2. The SMILES string of the molecule is CCCOc1ccc(-c2nc(SC)[nH]c(=O)c2C#N)cc1COC. The third-order valence-corrected chi connectivity index (χ3v) is 3.88. The monoisotopic (exact) mass is 345 g/mol. The highest BCUT2D eigenvalue weighted by atomic mass is 32.2. The number of thioether (sulfide) groups is 1. The van der Waals surface area contributed by atoms with Crippen molar-refractivity contribution in [1.82, 2.24) is 9.97 Å². The summed E-state index contributed by atoms with van der Waals surface area (Å²) in [5, 5.41) is 9.77. The van der Waals surface area contributed by atoms with E-state index in [0.717, 1.165) is 17.7 Å². The van der Waals surface area contributed by atoms with Crippen LogP contribution in [-0.2, 0) is 11.3 Å². The lowest BCUT2D eigenvalue weighted by Gasteiger charge is -2.13. The quantitative estimate of drug-likeness (QED) is 0.613. The van der Waals surface area contributed by atoms with E-state index in [4.69, 9.17) is 9.47 Å². The maximum Gasteiger partial charge on any atom is 0.270 e. The van der Waals surface area contributed by atoms with Crippen LogP contribution < -0.4 is 10.3 Å². The van der Waals surface area contributed by atoms with Crippen molar-refractivity contribution in [3.63, 3.8) is 0 Å². The van der Waals surface area contributed by atoms with Gasteiger partial charge in [0.25, 0.3) is 5.56 Å². The van der Waals surface area contributed by atoms with Gasteiger partial charge in [0, 0.05) is 18.2 Å². The first-order chi connectivity index (χ1) is 11.6. The summed E-state index contributed by atoms with van der Waals surface area (Å²) in [6, 6.07) is 7.41. The smallest absolute Gasteiger partial charge is 0.270 e. The third kappa shape index (κ3) is 3.96. The van der Waals surface area contributed by atoms with Crippen LogP contribution in [0.3, 0.4) is 0 Å². The normalized spacial score (nSPS) is 10.4. The van der Waals surface area contributed by atoms with Gasteiger partial charge in [0.05, 0.1) is 18.9 Å². The molecule has 0 spiro atoms. The lowest BCUT2D eigenvalue weighted by Crippen LogP contribution is -2.14. The molecule has 2 rings (SSSR count). The molecule has 0 saturated carbocycles. The van der Waals surface area contributed by atoms with Gasteiger partial charge in [-0.05, 0) is 30.9 Å². The Hall–Kier alpha value is -2.30. The molecule has 0 saturated heterocycles. The fourth-order valence-electron chi connectivity index (χ4n) is 2.21. The fourth-order valence-corrected chi connectivity index (χ4v) is 2.59. The molecule has 0 fully saturated rings. The molecule has 1 heterocycles. The summed E-state index contributed by atoms with van der Waals surface area (Å²) >= 11 is 1.31. The first kappa shape index (κ1) is 18.0. The van der Waals surface area contributed by atoms with Crippen LogP contribution in [0.5, 0.6) is 5.75 Å². The van der Waals surface area contributed by atoms with Crippen molar-refractivity contribution in [2.45, 2.75) is 25.1 Å². The molecule has 1 N–H and O–H groups in total. The summed E-state index contributed by atoms with van der Waals surface area (Å²) in [4.78, 5) is 19.0. The van der Waals surface area contributed by atoms with Crippen molar-refractivity contribution in [2.75, 3.05) is 20.0 Å². The van der Waals surface area contributed by atoms with Crippen LogP contribution in [0.2, 0.25) is 0 Å². The van der Waals surface area contributed by atoms with E-state index >= 15 is 0 Å². The second-order valence-corrected chi connectivity index (χ2v) is 5.81. The van der Waals surface area contributed by atoms with Gasteiger partial charge in [-0.3, -0.25) is 4.79 Å². The zero-order valence-corrected chi connectivity index (χ0v) is 14.7. The molecule has 0 aliphatic carbocycles. The number of nitrogens with zero attached hydrogens (tertiary/aromatic N) is 2. The highest BCUT2D eigenvalue weighted by Crippen LogP contribution is 2.28. The molecule has 7 heteroatoms. The van der Waals surface area contributed by atoms with E-state index in [0.29, 0.717) is 29.6 Å². The minimum atomic E-state index is -0.438. The Balaban J connectivity index is 2.56. The predicted molar refractivity (Wildman–Crippen MR) is 93.3 cm³/mol. The topological polar surface area (TPSA) is 88.0 Å². The van der Waals surface area contributed by atoms with Crippen LogP contribution >= 0.6 is 11.8 Å². The van der Waals surface area contributed by atoms with E-state index < -0.39 is 5.56 Å². The highest BCUT2D eigenvalue weighted by molar-refractivity contribution is 7.98. The minimum absolute atomic E-state index is 0.00149. The molecule has 0 aliphatic rings. The Bertz CT molecular complexity index is 812. The van der Waals surface area contributed by atoms with Crippen molar-refractivity contribution in [2.24, 2.45) is 0 Å². The van der Waals surface area contributed by atoms with Gasteiger partial charge in [-0.25, -0.2) is 4.98 Å². The van der Waals surface area contributed by atoms with Crippen LogP contribution in [0.4, 0.5) is 0 Å². The molecule has 0 bridgehead atoms. The molecule has 0 amide bonds. The summed E-state index contributed by atoms with van der Waals surface area (Å²) in [6.45, 7) is 3.01. The number of hydrogen-bond donors (Lipinski definition) is 1. The summed E-state index contributed by atoms with van der Waals surface area (Å²) in [5.74, 6) is 0.732. The number of H-pyrrole nitrogens is 1. The van der Waals surface area contributed by atoms with E-state index in [1.165, 1.54) is 11.8 Å². The summed E-state index contributed by atoms with van der Waals surface area (Å²) in [5.41, 5.74) is 1.46. The van der Waals surface area contributed by atoms with Crippen LogP contribution in [0.25, 0.3) is 11.3 Å². The summed E-state index contributed by atoms with van der Waals surface area (Å²) in [7, 11) is 1.61. The number of rotatable bonds is 7. The van der Waals surface area contributed by atoms with Gasteiger partial charge < -0.3 is 14.5 Å². The molecule has 1 aromatic heterocycles. The predicted octanol–water partition coefficient (Wildman–Crippen LogP) is 2.97. The Morgan fingerprint density at radius 3 is 2.83 bits per heavy atom. The number of aromatic amines is 1. The number of benzene rings is 1. The van der Waals surface area contributed by atoms with Gasteiger partial charge in [-0.2, -0.15) is 5.26 Å². The van der Waals surface area contributed by atoms with Gasteiger partial charge in [0.1, 0.15) is 17.4 Å². The molecular formula is C17H19N3O3S. The van der Waals surface area contributed by atoms with E-state index in [1.54, 1.807) is 13.2 Å². The molecule has 2 aromatic rings. The molecule has 0 unspecified atom stereocenters. The van der Waals surface area contributed by atoms with Gasteiger partial charge in [-0.1, -0.05) is 18.7 Å². The van der Waals surface area contributed by atoms with Crippen LogP contribution in [-0.4, -0.2) is 29.9 Å². The fraction of sp³-hybridized carbons (Fsp3) is 0.353. The average molecular weight is 345 g/mol. The van der Waals surface area contributed by atoms with Gasteiger partial charge in [0.15, 0.2) is 5.16 Å². The molecule has 126 valence electrons. The Kier molecular flexibility index (Phi) is 6.41. The van der Waals surface area contributed by atoms with Crippen LogP contribution in [0.1, 0.15) is 24.5 Å². The van der Waals surface area contributed by atoms with Crippen molar-refractivity contribution in [1.29, 1.82) is 5.26 Å². The van der Waals surface area contributed by atoms with Crippen molar-refractivity contribution in [3.05, 3.63) is 39.7 Å². The van der Waals surface area contributed by atoms with Crippen molar-refractivity contribution >= 4 is 11.8 Å². The summed E-state index contributed by atoms with van der Waals surface area (Å²) in [6.07, 6.45) is 2.71. The molecule has 1 aromatic carbocycles. The molecular weight excluding hydrogens is 326 g/mol. The highest BCUT2D eigenvalue weighted by Gasteiger charge is 2.15. The Morgan fingerprint density at radius 2 is 2.21 bits per heavy atom. The first-order valence-corrected chi connectivity index (χ1v) is 8.70. The second kappa shape index (κ2) is 8.52. The van der Waals surface area contributed by atoms with Gasteiger partial charge in [0.2, 0.25) is 0 Å². The van der Waals surface area contributed by atoms with Gasteiger partial charge >= 0.3 is 0 Å². The third-order valence-electron chi connectivity index (χ3n) is 3.30. The Morgan fingerprint density at radius 1 is 1.42 bits per heavy atom. The second-order valence-electron chi connectivity index (χ2n) is 5.01. The first-order valence-electron chi connectivity index (χ1n) is 7.48. The van der Waals surface area contributed by atoms with Gasteiger partial charge in [-0.15, -0.1) is 0 Å². The number of aromatic nitrogens is 2. The number of methoxy groups -OCH3 is 1. The lowest BCUT2D eigenvalue weighted by atomic mass is 10.0. The van der Waals surface area contributed by atoms with E-state index in [1.807, 2.05) is 31.4 Å². The maximum absolute atomic E-state index is 12.1. The molecule has 24 heavy (non-hydrogen) atoms. The number of nitrogens with one attached hydrogen (secondary N) is 1. The van der Waals surface area contributed by atoms with E-state index in [-0.39, 0.29) is 5.56 Å². The van der Waals surface area contributed by atoms with E-state index in [2.05, 4.69) is 9.97 Å². The standard InChI is InChI=1S/C17H19N3O3S/c1-4-7-23-14-6-5-11(8-12(14)10-22-2)15-13(9-18)16(21)20-17(19-15)24-3/h5-6,8H,4,7,10H2,1-3H3,(H,19,20,21). The lowest BCUT2D eigenvalue weighted by molar-refractivity contribution is 0.180. The zero-order chi connectivity index (χ0) is 17.5. The molecule has 0 aliphatic heterocycles. The van der Waals surface area contributed by atoms with Crippen LogP contribution in [0, 0.1) is 11.3 Å². The van der Waals surface area contributed by atoms with Crippen LogP contribution in [0.15, 0.2) is 28.2 Å². The number of hydrogen-bond acceptors (Lipinski definition) is 6. The minimum Gasteiger partial charge on any atom is -0.493 e. The Labute approximate surface area is 144 Å². The number of nitriles is 1. The maximum atomic E-state index is 12.1. The zero-order valence-electron chi connectivity index (χ0n) is 13.9.